The van der Waals surface area contributed by atoms with Crippen LogP contribution in [-0.2, 0) is 11.0 Å². The van der Waals surface area contributed by atoms with Gasteiger partial charge in [0.1, 0.15) is 0 Å². The maximum Gasteiger partial charge on any atom is 0.418 e. The van der Waals surface area contributed by atoms with E-state index < -0.39 is 17.6 Å². The number of hydrogen-bond donors (Lipinski definition) is 2. The molecule has 0 saturated heterocycles. The summed E-state index contributed by atoms with van der Waals surface area (Å²) in [6, 6.07) is 11.5. The largest absolute Gasteiger partial charge is 0.418 e. The van der Waals surface area contributed by atoms with Crippen molar-refractivity contribution in [3.8, 4) is 0 Å². The van der Waals surface area contributed by atoms with Gasteiger partial charge in [0.15, 0.2) is 0 Å². The SMILES string of the molecule is Nc1ccc(/C=C/C(=O)Nc2ccccc2C(F)(F)F)cc1. The minimum atomic E-state index is -4.52. The first-order valence-electron chi connectivity index (χ1n) is 6.37. The predicted molar refractivity (Wildman–Crippen MR) is 80.0 cm³/mol. The molecule has 0 aromatic heterocycles. The molecule has 0 spiro atoms. The quantitative estimate of drug-likeness (QED) is 0.666. The fourth-order valence-corrected chi connectivity index (χ4v) is 1.79. The Morgan fingerprint density at radius 1 is 1.05 bits per heavy atom. The third-order valence-electron chi connectivity index (χ3n) is 2.85. The van der Waals surface area contributed by atoms with Gasteiger partial charge in [-0.1, -0.05) is 24.3 Å². The highest BCUT2D eigenvalue weighted by Gasteiger charge is 2.33. The number of benzene rings is 2. The summed E-state index contributed by atoms with van der Waals surface area (Å²) in [5.41, 5.74) is 5.67. The lowest BCUT2D eigenvalue weighted by molar-refractivity contribution is -0.136. The predicted octanol–water partition coefficient (Wildman–Crippen LogP) is 3.94. The van der Waals surface area contributed by atoms with Gasteiger partial charge in [0.2, 0.25) is 5.91 Å². The molecular formula is C16H13F3N2O. The number of rotatable bonds is 3. The van der Waals surface area contributed by atoms with Crippen molar-refractivity contribution < 1.29 is 18.0 Å². The second-order valence-corrected chi connectivity index (χ2v) is 4.53. The van der Waals surface area contributed by atoms with E-state index in [9.17, 15) is 18.0 Å². The van der Waals surface area contributed by atoms with Gasteiger partial charge >= 0.3 is 6.18 Å². The second kappa shape index (κ2) is 6.34. The smallest absolute Gasteiger partial charge is 0.399 e. The Balaban J connectivity index is 2.11. The summed E-state index contributed by atoms with van der Waals surface area (Å²) in [5.74, 6) is -0.645. The Kier molecular flexibility index (Phi) is 4.50. The number of anilines is 2. The Bertz CT molecular complexity index is 691. The normalized spacial score (nSPS) is 11.6. The third-order valence-corrected chi connectivity index (χ3v) is 2.85. The molecule has 0 bridgehead atoms. The molecule has 2 rings (SSSR count). The lowest BCUT2D eigenvalue weighted by atomic mass is 10.1. The molecule has 0 aliphatic rings. The number of hydrogen-bond acceptors (Lipinski definition) is 2. The zero-order valence-corrected chi connectivity index (χ0v) is 11.4. The molecule has 0 radical (unpaired) electrons. The van der Waals surface area contributed by atoms with E-state index in [1.165, 1.54) is 30.4 Å². The summed E-state index contributed by atoms with van der Waals surface area (Å²) in [4.78, 5) is 11.7. The minimum Gasteiger partial charge on any atom is -0.399 e. The van der Waals surface area contributed by atoms with Crippen LogP contribution >= 0.6 is 0 Å². The average Bonchev–Trinajstić information content (AvgIpc) is 2.46. The maximum atomic E-state index is 12.8. The van der Waals surface area contributed by atoms with E-state index in [-0.39, 0.29) is 5.69 Å². The second-order valence-electron chi connectivity index (χ2n) is 4.53. The number of carbonyl (C=O) groups is 1. The molecule has 22 heavy (non-hydrogen) atoms. The summed E-state index contributed by atoms with van der Waals surface area (Å²) < 4.78 is 38.4. The molecule has 3 nitrogen and oxygen atoms in total. The van der Waals surface area contributed by atoms with E-state index in [0.29, 0.717) is 11.3 Å². The van der Waals surface area contributed by atoms with E-state index in [1.807, 2.05) is 0 Å². The van der Waals surface area contributed by atoms with Crippen LogP contribution < -0.4 is 11.1 Å². The lowest BCUT2D eigenvalue weighted by Gasteiger charge is -2.12. The van der Waals surface area contributed by atoms with E-state index in [0.717, 1.165) is 6.07 Å². The molecule has 3 N–H and O–H groups in total. The standard InChI is InChI=1S/C16H13F3N2O/c17-16(18,19)13-3-1-2-4-14(13)21-15(22)10-7-11-5-8-12(20)9-6-11/h1-10H,20H2,(H,21,22)/b10-7+. The molecule has 2 aromatic carbocycles. The first kappa shape index (κ1) is 15.6. The molecule has 0 saturated carbocycles. The van der Waals surface area contributed by atoms with Crippen molar-refractivity contribution in [2.75, 3.05) is 11.1 Å². The summed E-state index contributed by atoms with van der Waals surface area (Å²) in [7, 11) is 0. The Hall–Kier alpha value is -2.76. The zero-order valence-electron chi connectivity index (χ0n) is 11.4. The lowest BCUT2D eigenvalue weighted by Crippen LogP contribution is -2.14. The molecule has 0 atom stereocenters. The van der Waals surface area contributed by atoms with Crippen LogP contribution in [-0.4, -0.2) is 5.91 Å². The number of para-hydroxylation sites is 1. The maximum absolute atomic E-state index is 12.8. The molecule has 0 heterocycles. The summed E-state index contributed by atoms with van der Waals surface area (Å²) in [6.07, 6.45) is -1.87. The number of alkyl halides is 3. The van der Waals surface area contributed by atoms with Gasteiger partial charge in [0.05, 0.1) is 11.3 Å². The van der Waals surface area contributed by atoms with Crippen molar-refractivity contribution in [2.24, 2.45) is 0 Å². The fourth-order valence-electron chi connectivity index (χ4n) is 1.79. The van der Waals surface area contributed by atoms with Crippen LogP contribution in [0.4, 0.5) is 24.5 Å². The van der Waals surface area contributed by atoms with Crippen LogP contribution in [0.15, 0.2) is 54.6 Å². The van der Waals surface area contributed by atoms with Crippen LogP contribution in [0.5, 0.6) is 0 Å². The van der Waals surface area contributed by atoms with Gasteiger partial charge in [-0.15, -0.1) is 0 Å². The van der Waals surface area contributed by atoms with Gasteiger partial charge in [-0.3, -0.25) is 4.79 Å². The van der Waals surface area contributed by atoms with Crippen LogP contribution in [0, 0.1) is 0 Å². The molecular weight excluding hydrogens is 293 g/mol. The van der Waals surface area contributed by atoms with Gasteiger partial charge in [-0.2, -0.15) is 13.2 Å². The van der Waals surface area contributed by atoms with Crippen molar-refractivity contribution >= 4 is 23.4 Å². The average molecular weight is 306 g/mol. The summed E-state index contributed by atoms with van der Waals surface area (Å²) in [5, 5.41) is 2.23. The zero-order chi connectivity index (χ0) is 16.2. The molecule has 0 aliphatic carbocycles. The molecule has 6 heteroatoms. The van der Waals surface area contributed by atoms with Crippen LogP contribution in [0.3, 0.4) is 0 Å². The third kappa shape index (κ3) is 4.12. The van der Waals surface area contributed by atoms with Gasteiger partial charge in [-0.05, 0) is 35.9 Å². The van der Waals surface area contributed by atoms with E-state index >= 15 is 0 Å². The highest BCUT2D eigenvalue weighted by molar-refractivity contribution is 6.02. The first-order chi connectivity index (χ1) is 10.4. The van der Waals surface area contributed by atoms with Gasteiger partial charge < -0.3 is 11.1 Å². The van der Waals surface area contributed by atoms with Crippen molar-refractivity contribution in [3.05, 3.63) is 65.7 Å². The van der Waals surface area contributed by atoms with Gasteiger partial charge in [-0.25, -0.2) is 0 Å². The summed E-state index contributed by atoms with van der Waals surface area (Å²) >= 11 is 0. The molecule has 0 aliphatic heterocycles. The highest BCUT2D eigenvalue weighted by atomic mass is 19.4. The van der Waals surface area contributed by atoms with Crippen LogP contribution in [0.2, 0.25) is 0 Å². The Labute approximate surface area is 125 Å². The molecule has 0 unspecified atom stereocenters. The highest BCUT2D eigenvalue weighted by Crippen LogP contribution is 2.34. The molecule has 2 aromatic rings. The van der Waals surface area contributed by atoms with Crippen molar-refractivity contribution in [1.29, 1.82) is 0 Å². The topological polar surface area (TPSA) is 55.1 Å². The number of nitrogen functional groups attached to an aromatic ring is 1. The van der Waals surface area contributed by atoms with E-state index in [2.05, 4.69) is 5.32 Å². The van der Waals surface area contributed by atoms with Gasteiger partial charge in [0, 0.05) is 11.8 Å². The number of nitrogens with one attached hydrogen (secondary N) is 1. The molecule has 1 amide bonds. The Morgan fingerprint density at radius 3 is 2.32 bits per heavy atom. The minimum absolute atomic E-state index is 0.276. The number of halogens is 3. The number of nitrogens with two attached hydrogens (primary N) is 1. The summed E-state index contributed by atoms with van der Waals surface area (Å²) in [6.45, 7) is 0. The first-order valence-corrected chi connectivity index (χ1v) is 6.37. The van der Waals surface area contributed by atoms with E-state index in [4.69, 9.17) is 5.73 Å². The fraction of sp³-hybridized carbons (Fsp3) is 0.0625. The van der Waals surface area contributed by atoms with Crippen molar-refractivity contribution in [3.63, 3.8) is 0 Å². The van der Waals surface area contributed by atoms with Crippen LogP contribution in [0.1, 0.15) is 11.1 Å². The van der Waals surface area contributed by atoms with Crippen molar-refractivity contribution in [1.82, 2.24) is 0 Å². The van der Waals surface area contributed by atoms with Gasteiger partial charge in [0.25, 0.3) is 0 Å². The molecule has 114 valence electrons. The van der Waals surface area contributed by atoms with Crippen LogP contribution in [0.25, 0.3) is 6.08 Å². The molecule has 0 fully saturated rings. The number of amides is 1. The van der Waals surface area contributed by atoms with E-state index in [1.54, 1.807) is 24.3 Å². The monoisotopic (exact) mass is 306 g/mol. The van der Waals surface area contributed by atoms with Crippen molar-refractivity contribution in [2.45, 2.75) is 6.18 Å². The number of carbonyl (C=O) groups excluding carboxylic acids is 1. The Morgan fingerprint density at radius 2 is 1.68 bits per heavy atom.